The number of allylic oxidation sites excluding steroid dienone is 8. The lowest BCUT2D eigenvalue weighted by molar-refractivity contribution is -0.121. The van der Waals surface area contributed by atoms with E-state index in [4.69, 9.17) is 0 Å². The van der Waals surface area contributed by atoms with Gasteiger partial charge in [0.1, 0.15) is 0 Å². The highest BCUT2D eigenvalue weighted by Crippen LogP contribution is 2.16. The lowest BCUT2D eigenvalue weighted by atomic mass is 9.92. The van der Waals surface area contributed by atoms with E-state index in [9.17, 15) is 4.79 Å². The summed E-state index contributed by atoms with van der Waals surface area (Å²) in [6.45, 7) is 9.62. The van der Waals surface area contributed by atoms with Crippen LogP contribution in [0.25, 0.3) is 0 Å². The number of hydrogen-bond acceptors (Lipinski definition) is 1. The summed E-state index contributed by atoms with van der Waals surface area (Å²) in [5, 5.41) is 3.01. The van der Waals surface area contributed by atoms with Crippen LogP contribution in [0.2, 0.25) is 0 Å². The SMILES string of the molecule is CCCCC/C=C\C/C=C\C/C=C\C/C=C\CCCC(=O)NCCC(C)(C)C. The fourth-order valence-corrected chi connectivity index (χ4v) is 2.61. The molecule has 0 spiro atoms. The van der Waals surface area contributed by atoms with E-state index in [0.717, 1.165) is 45.1 Å². The quantitative estimate of drug-likeness (QED) is 0.213. The van der Waals surface area contributed by atoms with Gasteiger partial charge < -0.3 is 5.32 Å². The Labute approximate surface area is 175 Å². The maximum Gasteiger partial charge on any atom is 0.220 e. The fraction of sp³-hybridized carbons (Fsp3) is 0.654. The first-order valence-electron chi connectivity index (χ1n) is 11.3. The van der Waals surface area contributed by atoms with Gasteiger partial charge in [0.25, 0.3) is 0 Å². The maximum absolute atomic E-state index is 11.7. The van der Waals surface area contributed by atoms with Crippen LogP contribution in [0.4, 0.5) is 0 Å². The van der Waals surface area contributed by atoms with Crippen molar-refractivity contribution in [1.82, 2.24) is 5.32 Å². The predicted molar refractivity (Wildman–Crippen MR) is 125 cm³/mol. The molecule has 28 heavy (non-hydrogen) atoms. The van der Waals surface area contributed by atoms with E-state index in [1.165, 1.54) is 25.7 Å². The van der Waals surface area contributed by atoms with Crippen LogP contribution >= 0.6 is 0 Å². The van der Waals surface area contributed by atoms with Crippen LogP contribution in [-0.2, 0) is 4.79 Å². The number of carbonyl (C=O) groups is 1. The van der Waals surface area contributed by atoms with Crippen LogP contribution in [0.3, 0.4) is 0 Å². The monoisotopic (exact) mass is 387 g/mol. The average molecular weight is 388 g/mol. The number of rotatable bonds is 16. The van der Waals surface area contributed by atoms with Gasteiger partial charge in [-0.15, -0.1) is 0 Å². The van der Waals surface area contributed by atoms with Crippen molar-refractivity contribution < 1.29 is 4.79 Å². The summed E-state index contributed by atoms with van der Waals surface area (Å²) in [7, 11) is 0. The van der Waals surface area contributed by atoms with Gasteiger partial charge in [-0.2, -0.15) is 0 Å². The third-order valence-electron chi connectivity index (χ3n) is 4.43. The standard InChI is InChI=1S/C26H45NO/c1-5-6-7-8-9-10-11-12-13-14-15-16-17-18-19-20-21-22-25(28)27-24-23-26(2,3)4/h9-10,12-13,15-16,18-19H,5-8,11,14,17,20-24H2,1-4H3,(H,27,28)/b10-9-,13-12-,16-15-,19-18-. The van der Waals surface area contributed by atoms with Crippen LogP contribution in [0.5, 0.6) is 0 Å². The van der Waals surface area contributed by atoms with Crippen LogP contribution in [0, 0.1) is 5.41 Å². The topological polar surface area (TPSA) is 29.1 Å². The number of hydrogen-bond donors (Lipinski definition) is 1. The van der Waals surface area contributed by atoms with Crippen LogP contribution < -0.4 is 5.32 Å². The normalized spacial score (nSPS) is 12.9. The Bertz CT molecular complexity index is 477. The largest absolute Gasteiger partial charge is 0.356 e. The van der Waals surface area contributed by atoms with Crippen molar-refractivity contribution in [3.63, 3.8) is 0 Å². The molecule has 1 amide bonds. The first-order chi connectivity index (χ1) is 13.5. The molecule has 1 N–H and O–H groups in total. The van der Waals surface area contributed by atoms with E-state index < -0.39 is 0 Å². The molecule has 0 saturated heterocycles. The van der Waals surface area contributed by atoms with E-state index in [0.29, 0.717) is 6.42 Å². The summed E-state index contributed by atoms with van der Waals surface area (Å²) in [5.74, 6) is 0.181. The molecule has 0 aromatic heterocycles. The van der Waals surface area contributed by atoms with Gasteiger partial charge in [-0.05, 0) is 56.8 Å². The van der Waals surface area contributed by atoms with Crippen LogP contribution in [0.15, 0.2) is 48.6 Å². The molecule has 0 atom stereocenters. The van der Waals surface area contributed by atoms with Gasteiger partial charge in [0.05, 0.1) is 0 Å². The van der Waals surface area contributed by atoms with Gasteiger partial charge in [-0.1, -0.05) is 89.1 Å². The molecule has 2 nitrogen and oxygen atoms in total. The van der Waals surface area contributed by atoms with Crippen molar-refractivity contribution in [3.8, 4) is 0 Å². The molecule has 0 aliphatic rings. The second kappa shape index (κ2) is 18.8. The molecule has 0 unspecified atom stereocenters. The van der Waals surface area contributed by atoms with Crippen LogP contribution in [0.1, 0.15) is 98.3 Å². The van der Waals surface area contributed by atoms with Gasteiger partial charge >= 0.3 is 0 Å². The molecule has 0 aliphatic carbocycles. The summed E-state index contributed by atoms with van der Waals surface area (Å²) >= 11 is 0. The molecular weight excluding hydrogens is 342 g/mol. The van der Waals surface area contributed by atoms with Gasteiger partial charge in [-0.25, -0.2) is 0 Å². The average Bonchev–Trinajstić information content (AvgIpc) is 2.63. The molecule has 0 fully saturated rings. The van der Waals surface area contributed by atoms with Crippen molar-refractivity contribution in [2.75, 3.05) is 6.54 Å². The summed E-state index contributed by atoms with van der Waals surface area (Å²) < 4.78 is 0. The van der Waals surface area contributed by atoms with E-state index in [2.05, 4.69) is 81.6 Å². The molecule has 0 bridgehead atoms. The molecule has 2 heteroatoms. The zero-order valence-corrected chi connectivity index (χ0v) is 19.0. The minimum Gasteiger partial charge on any atom is -0.356 e. The summed E-state index contributed by atoms with van der Waals surface area (Å²) in [6, 6.07) is 0. The Morgan fingerprint density at radius 1 is 0.750 bits per heavy atom. The highest BCUT2D eigenvalue weighted by atomic mass is 16.1. The molecule has 0 aliphatic heterocycles. The minimum atomic E-state index is 0.181. The smallest absolute Gasteiger partial charge is 0.220 e. The second-order valence-corrected chi connectivity index (χ2v) is 8.64. The Morgan fingerprint density at radius 2 is 1.25 bits per heavy atom. The summed E-state index contributed by atoms with van der Waals surface area (Å²) in [5.41, 5.74) is 0.282. The number of nitrogens with one attached hydrogen (secondary N) is 1. The van der Waals surface area contributed by atoms with E-state index >= 15 is 0 Å². The summed E-state index contributed by atoms with van der Waals surface area (Å²) in [4.78, 5) is 11.7. The fourth-order valence-electron chi connectivity index (χ4n) is 2.61. The molecule has 0 aromatic carbocycles. The Morgan fingerprint density at radius 3 is 1.75 bits per heavy atom. The maximum atomic E-state index is 11.7. The van der Waals surface area contributed by atoms with Gasteiger partial charge in [-0.3, -0.25) is 4.79 Å². The van der Waals surface area contributed by atoms with Gasteiger partial charge in [0.15, 0.2) is 0 Å². The predicted octanol–water partition coefficient (Wildman–Crippen LogP) is 7.68. The Balaban J connectivity index is 3.51. The molecule has 0 rings (SSSR count). The van der Waals surface area contributed by atoms with E-state index in [-0.39, 0.29) is 11.3 Å². The minimum absolute atomic E-state index is 0.181. The second-order valence-electron chi connectivity index (χ2n) is 8.64. The third-order valence-corrected chi connectivity index (χ3v) is 4.43. The lowest BCUT2D eigenvalue weighted by Gasteiger charge is -2.17. The zero-order valence-electron chi connectivity index (χ0n) is 19.0. The Kier molecular flexibility index (Phi) is 17.7. The molecule has 0 radical (unpaired) electrons. The van der Waals surface area contributed by atoms with Crippen molar-refractivity contribution in [3.05, 3.63) is 48.6 Å². The number of unbranched alkanes of at least 4 members (excludes halogenated alkanes) is 4. The first-order valence-corrected chi connectivity index (χ1v) is 11.3. The van der Waals surface area contributed by atoms with Crippen LogP contribution in [-0.4, -0.2) is 12.5 Å². The lowest BCUT2D eigenvalue weighted by Crippen LogP contribution is -2.26. The van der Waals surface area contributed by atoms with Crippen molar-refractivity contribution in [2.24, 2.45) is 5.41 Å². The first kappa shape index (κ1) is 26.4. The van der Waals surface area contributed by atoms with Crippen molar-refractivity contribution >= 4 is 5.91 Å². The molecule has 0 saturated carbocycles. The van der Waals surface area contributed by atoms with E-state index in [1.54, 1.807) is 0 Å². The van der Waals surface area contributed by atoms with E-state index in [1.807, 2.05) is 0 Å². The van der Waals surface area contributed by atoms with Gasteiger partial charge in [0.2, 0.25) is 5.91 Å². The highest BCUT2D eigenvalue weighted by Gasteiger charge is 2.09. The Hall–Kier alpha value is -1.57. The number of amides is 1. The van der Waals surface area contributed by atoms with Crippen molar-refractivity contribution in [2.45, 2.75) is 98.3 Å². The third kappa shape index (κ3) is 22.5. The number of carbonyl (C=O) groups excluding carboxylic acids is 1. The zero-order chi connectivity index (χ0) is 20.9. The highest BCUT2D eigenvalue weighted by molar-refractivity contribution is 5.75. The van der Waals surface area contributed by atoms with Gasteiger partial charge in [0, 0.05) is 13.0 Å². The summed E-state index contributed by atoms with van der Waals surface area (Å²) in [6.07, 6.45) is 29.6. The molecule has 160 valence electrons. The molecular formula is C26H45NO. The molecule has 0 heterocycles. The molecule has 0 aromatic rings. The van der Waals surface area contributed by atoms with Crippen molar-refractivity contribution in [1.29, 1.82) is 0 Å².